The number of anilines is 1. The number of amides is 1. The van der Waals surface area contributed by atoms with E-state index < -0.39 is 5.97 Å². The zero-order valence-electron chi connectivity index (χ0n) is 17.7. The van der Waals surface area contributed by atoms with Gasteiger partial charge in [0.2, 0.25) is 0 Å². The number of furan rings is 1. The van der Waals surface area contributed by atoms with Crippen molar-refractivity contribution in [3.63, 3.8) is 0 Å². The SMILES string of the molecule is COC(=O)c1ccc(OCc2ccc(C(=O)Nc3cccc(Cn4cc(Cl)cn4)c3)o2)cc1. The number of halogens is 1. The van der Waals surface area contributed by atoms with Crippen LogP contribution in [-0.4, -0.2) is 28.8 Å². The molecule has 0 fully saturated rings. The molecule has 0 saturated heterocycles. The molecule has 0 aliphatic rings. The molecule has 168 valence electrons. The van der Waals surface area contributed by atoms with Crippen LogP contribution in [0.5, 0.6) is 5.75 Å². The molecule has 0 radical (unpaired) electrons. The third-order valence-corrected chi connectivity index (χ3v) is 4.87. The van der Waals surface area contributed by atoms with Gasteiger partial charge in [-0.25, -0.2) is 4.79 Å². The normalized spacial score (nSPS) is 10.6. The molecule has 4 rings (SSSR count). The zero-order valence-corrected chi connectivity index (χ0v) is 18.4. The van der Waals surface area contributed by atoms with Crippen molar-refractivity contribution in [1.29, 1.82) is 0 Å². The third kappa shape index (κ3) is 5.81. The Labute approximate surface area is 194 Å². The van der Waals surface area contributed by atoms with Crippen LogP contribution in [0.25, 0.3) is 0 Å². The summed E-state index contributed by atoms with van der Waals surface area (Å²) in [4.78, 5) is 24.1. The Balaban J connectivity index is 1.33. The minimum Gasteiger partial charge on any atom is -0.486 e. The zero-order chi connectivity index (χ0) is 23.2. The molecule has 33 heavy (non-hydrogen) atoms. The molecule has 0 atom stereocenters. The highest BCUT2D eigenvalue weighted by atomic mass is 35.5. The molecule has 2 aromatic carbocycles. The first-order chi connectivity index (χ1) is 16.0. The van der Waals surface area contributed by atoms with Crippen molar-refractivity contribution in [1.82, 2.24) is 9.78 Å². The van der Waals surface area contributed by atoms with Crippen LogP contribution in [0.15, 0.2) is 77.5 Å². The molecule has 1 amide bonds. The number of ether oxygens (including phenoxy) is 2. The van der Waals surface area contributed by atoms with E-state index in [9.17, 15) is 9.59 Å². The molecule has 0 aliphatic carbocycles. The second-order valence-electron chi connectivity index (χ2n) is 7.08. The summed E-state index contributed by atoms with van der Waals surface area (Å²) in [6.45, 7) is 0.659. The van der Waals surface area contributed by atoms with Gasteiger partial charge in [0.1, 0.15) is 18.1 Å². The molecule has 2 heterocycles. The fourth-order valence-corrected chi connectivity index (χ4v) is 3.25. The summed E-state index contributed by atoms with van der Waals surface area (Å²) in [5.74, 6) is 0.420. The van der Waals surface area contributed by atoms with E-state index >= 15 is 0 Å². The van der Waals surface area contributed by atoms with Crippen molar-refractivity contribution in [2.45, 2.75) is 13.2 Å². The van der Waals surface area contributed by atoms with Gasteiger partial charge in [0.25, 0.3) is 5.91 Å². The molecule has 0 bridgehead atoms. The molecule has 0 saturated carbocycles. The van der Waals surface area contributed by atoms with Gasteiger partial charge in [-0.3, -0.25) is 9.48 Å². The lowest BCUT2D eigenvalue weighted by atomic mass is 10.2. The fourth-order valence-electron chi connectivity index (χ4n) is 3.09. The number of esters is 1. The number of carbonyl (C=O) groups excluding carboxylic acids is 2. The van der Waals surface area contributed by atoms with E-state index in [0.717, 1.165) is 5.56 Å². The van der Waals surface area contributed by atoms with Crippen LogP contribution in [-0.2, 0) is 17.9 Å². The molecule has 1 N–H and O–H groups in total. The van der Waals surface area contributed by atoms with Crippen LogP contribution in [0.4, 0.5) is 5.69 Å². The van der Waals surface area contributed by atoms with Crippen LogP contribution >= 0.6 is 11.6 Å². The topological polar surface area (TPSA) is 95.6 Å². The van der Waals surface area contributed by atoms with Crippen molar-refractivity contribution < 1.29 is 23.5 Å². The molecular formula is C24H20ClN3O5. The Morgan fingerprint density at radius 2 is 1.94 bits per heavy atom. The summed E-state index contributed by atoms with van der Waals surface area (Å²) < 4.78 is 17.6. The number of hydrogen-bond donors (Lipinski definition) is 1. The quantitative estimate of drug-likeness (QED) is 0.376. The van der Waals surface area contributed by atoms with Gasteiger partial charge in [-0.05, 0) is 54.1 Å². The average molecular weight is 466 g/mol. The third-order valence-electron chi connectivity index (χ3n) is 4.67. The van der Waals surface area contributed by atoms with Crippen molar-refractivity contribution in [3.05, 3.63) is 101 Å². The molecular weight excluding hydrogens is 446 g/mol. The van der Waals surface area contributed by atoms with Crippen molar-refractivity contribution in [2.75, 3.05) is 12.4 Å². The van der Waals surface area contributed by atoms with Crippen molar-refractivity contribution in [3.8, 4) is 5.75 Å². The first-order valence-electron chi connectivity index (χ1n) is 9.98. The Morgan fingerprint density at radius 1 is 1.12 bits per heavy atom. The van der Waals surface area contributed by atoms with Crippen molar-refractivity contribution >= 4 is 29.2 Å². The first-order valence-corrected chi connectivity index (χ1v) is 10.4. The Bertz CT molecular complexity index is 1260. The molecule has 8 nitrogen and oxygen atoms in total. The van der Waals surface area contributed by atoms with E-state index in [-0.39, 0.29) is 18.3 Å². The fraction of sp³-hybridized carbons (Fsp3) is 0.125. The summed E-state index contributed by atoms with van der Waals surface area (Å²) >= 11 is 5.90. The predicted molar refractivity (Wildman–Crippen MR) is 122 cm³/mol. The van der Waals surface area contributed by atoms with E-state index in [1.54, 1.807) is 59.5 Å². The van der Waals surface area contributed by atoms with Crippen LogP contribution in [0, 0.1) is 0 Å². The van der Waals surface area contributed by atoms with Gasteiger partial charge >= 0.3 is 5.97 Å². The predicted octanol–water partition coefficient (Wildman–Crippen LogP) is 4.80. The summed E-state index contributed by atoms with van der Waals surface area (Å²) in [6, 6.07) is 17.2. The second-order valence-corrected chi connectivity index (χ2v) is 7.52. The second kappa shape index (κ2) is 10.1. The van der Waals surface area contributed by atoms with E-state index in [1.807, 2.05) is 18.2 Å². The number of methoxy groups -OCH3 is 1. The minimum absolute atomic E-state index is 0.132. The highest BCUT2D eigenvalue weighted by Crippen LogP contribution is 2.18. The lowest BCUT2D eigenvalue weighted by Gasteiger charge is -2.07. The van der Waals surface area contributed by atoms with Gasteiger partial charge in [0.15, 0.2) is 5.76 Å². The maximum absolute atomic E-state index is 12.6. The minimum atomic E-state index is -0.417. The standard InChI is InChI=1S/C24H20ClN3O5/c1-31-24(30)17-5-7-20(8-6-17)32-15-21-9-10-22(33-21)23(29)27-19-4-2-3-16(11-19)13-28-14-18(25)12-26-28/h2-12,14H,13,15H2,1H3,(H,27,29). The highest BCUT2D eigenvalue weighted by Gasteiger charge is 2.13. The van der Waals surface area contributed by atoms with Gasteiger partial charge in [-0.2, -0.15) is 5.10 Å². The van der Waals surface area contributed by atoms with Gasteiger partial charge < -0.3 is 19.2 Å². The average Bonchev–Trinajstić information content (AvgIpc) is 3.47. The van der Waals surface area contributed by atoms with Gasteiger partial charge in [0.05, 0.1) is 30.4 Å². The van der Waals surface area contributed by atoms with Crippen LogP contribution < -0.4 is 10.1 Å². The van der Waals surface area contributed by atoms with E-state index in [1.165, 1.54) is 7.11 Å². The summed E-state index contributed by atoms with van der Waals surface area (Å²) in [5, 5.41) is 7.55. The number of benzene rings is 2. The Kier molecular flexibility index (Phi) is 6.75. The number of rotatable bonds is 8. The van der Waals surface area contributed by atoms with Crippen LogP contribution in [0.3, 0.4) is 0 Å². The van der Waals surface area contributed by atoms with Crippen molar-refractivity contribution in [2.24, 2.45) is 0 Å². The monoisotopic (exact) mass is 465 g/mol. The molecule has 0 unspecified atom stereocenters. The molecule has 4 aromatic rings. The largest absolute Gasteiger partial charge is 0.486 e. The first kappa shape index (κ1) is 22.2. The van der Waals surface area contributed by atoms with E-state index in [0.29, 0.717) is 34.3 Å². The lowest BCUT2D eigenvalue weighted by Crippen LogP contribution is -2.11. The molecule has 0 aliphatic heterocycles. The van der Waals surface area contributed by atoms with Gasteiger partial charge in [-0.15, -0.1) is 0 Å². The number of hydrogen-bond acceptors (Lipinski definition) is 6. The smallest absolute Gasteiger partial charge is 0.337 e. The Morgan fingerprint density at radius 3 is 2.67 bits per heavy atom. The maximum Gasteiger partial charge on any atom is 0.337 e. The number of nitrogens with zero attached hydrogens (tertiary/aromatic N) is 2. The molecule has 9 heteroatoms. The summed E-state index contributed by atoms with van der Waals surface area (Å²) in [5.41, 5.74) is 2.02. The Hall–Kier alpha value is -4.04. The van der Waals surface area contributed by atoms with Gasteiger partial charge in [0, 0.05) is 11.9 Å². The molecule has 2 aromatic heterocycles. The molecule has 0 spiro atoms. The lowest BCUT2D eigenvalue weighted by molar-refractivity contribution is 0.0600. The number of nitrogens with one attached hydrogen (secondary N) is 1. The maximum atomic E-state index is 12.6. The van der Waals surface area contributed by atoms with Crippen LogP contribution in [0.2, 0.25) is 5.02 Å². The van der Waals surface area contributed by atoms with E-state index in [4.69, 9.17) is 20.8 Å². The summed E-state index contributed by atoms with van der Waals surface area (Å²) in [6.07, 6.45) is 3.30. The number of aromatic nitrogens is 2. The number of carbonyl (C=O) groups is 2. The van der Waals surface area contributed by atoms with Gasteiger partial charge in [-0.1, -0.05) is 23.7 Å². The van der Waals surface area contributed by atoms with E-state index in [2.05, 4.69) is 15.2 Å². The van der Waals surface area contributed by atoms with Crippen LogP contribution in [0.1, 0.15) is 32.2 Å². The summed E-state index contributed by atoms with van der Waals surface area (Å²) in [7, 11) is 1.33. The highest BCUT2D eigenvalue weighted by molar-refractivity contribution is 6.30.